The van der Waals surface area contributed by atoms with E-state index in [1.807, 2.05) is 0 Å². The average molecular weight is 196 g/mol. The lowest BCUT2D eigenvalue weighted by molar-refractivity contribution is 0.0600. The summed E-state index contributed by atoms with van der Waals surface area (Å²) in [5.41, 5.74) is 0.868. The predicted octanol–water partition coefficient (Wildman–Crippen LogP) is 1.50. The molecule has 0 aliphatic heterocycles. The van der Waals surface area contributed by atoms with E-state index in [9.17, 15) is 9.90 Å². The number of hydrogen-bond acceptors (Lipinski definition) is 4. The Hall–Kier alpha value is -1.71. The largest absolute Gasteiger partial charge is 0.508 e. The first-order chi connectivity index (χ1) is 6.60. The highest BCUT2D eigenvalue weighted by Crippen LogP contribution is 2.28. The second-order valence-corrected chi connectivity index (χ2v) is 2.81. The molecule has 0 unspecified atom stereocenters. The zero-order valence-electron chi connectivity index (χ0n) is 8.33. The van der Waals surface area contributed by atoms with E-state index in [-0.39, 0.29) is 11.3 Å². The van der Waals surface area contributed by atoms with Gasteiger partial charge < -0.3 is 14.6 Å². The molecule has 1 N–H and O–H groups in total. The lowest BCUT2D eigenvalue weighted by Crippen LogP contribution is -2.02. The number of aromatic hydroxyl groups is 1. The molecule has 1 aromatic rings. The number of hydrogen-bond donors (Lipinski definition) is 1. The van der Waals surface area contributed by atoms with Crippen molar-refractivity contribution in [3.05, 3.63) is 23.3 Å². The fourth-order valence-corrected chi connectivity index (χ4v) is 1.12. The number of phenols is 1. The van der Waals surface area contributed by atoms with Crippen LogP contribution in [0.1, 0.15) is 15.9 Å². The smallest absolute Gasteiger partial charge is 0.338 e. The van der Waals surface area contributed by atoms with Crippen LogP contribution in [0.5, 0.6) is 11.5 Å². The van der Waals surface area contributed by atoms with Crippen molar-refractivity contribution in [3.8, 4) is 11.5 Å². The molecule has 0 saturated carbocycles. The van der Waals surface area contributed by atoms with Crippen molar-refractivity contribution in [2.24, 2.45) is 0 Å². The summed E-state index contributed by atoms with van der Waals surface area (Å²) in [6.07, 6.45) is 0. The molecule has 0 aromatic heterocycles. The Morgan fingerprint density at radius 1 is 1.36 bits per heavy atom. The van der Waals surface area contributed by atoms with Crippen LogP contribution in [0.4, 0.5) is 0 Å². The van der Waals surface area contributed by atoms with Gasteiger partial charge in [-0.25, -0.2) is 4.79 Å². The van der Waals surface area contributed by atoms with Crippen LogP contribution in [0, 0.1) is 6.92 Å². The van der Waals surface area contributed by atoms with Crippen molar-refractivity contribution in [2.75, 3.05) is 14.2 Å². The number of rotatable bonds is 2. The minimum absolute atomic E-state index is 0.0183. The Kier molecular flexibility index (Phi) is 2.96. The Morgan fingerprint density at radius 3 is 2.50 bits per heavy atom. The fraction of sp³-hybridized carbons (Fsp3) is 0.300. The zero-order chi connectivity index (χ0) is 10.7. The van der Waals surface area contributed by atoms with Gasteiger partial charge in [-0.3, -0.25) is 0 Å². The van der Waals surface area contributed by atoms with Gasteiger partial charge in [0.2, 0.25) is 0 Å². The zero-order valence-corrected chi connectivity index (χ0v) is 8.33. The molecule has 0 radical (unpaired) electrons. The van der Waals surface area contributed by atoms with Crippen molar-refractivity contribution < 1.29 is 19.4 Å². The van der Waals surface area contributed by atoms with Crippen LogP contribution in [-0.4, -0.2) is 25.3 Å². The third-order valence-corrected chi connectivity index (χ3v) is 1.97. The summed E-state index contributed by atoms with van der Waals surface area (Å²) in [4.78, 5) is 11.2. The molecule has 0 amide bonds. The Labute approximate surface area is 82.1 Å². The second kappa shape index (κ2) is 4.00. The SMILES string of the molecule is COC(=O)c1cc(O)c(C)c(OC)c1. The maximum Gasteiger partial charge on any atom is 0.338 e. The highest BCUT2D eigenvalue weighted by atomic mass is 16.5. The first-order valence-corrected chi connectivity index (χ1v) is 4.06. The van der Waals surface area contributed by atoms with Crippen LogP contribution in [0.25, 0.3) is 0 Å². The van der Waals surface area contributed by atoms with Crippen molar-refractivity contribution in [3.63, 3.8) is 0 Å². The molecule has 76 valence electrons. The maximum atomic E-state index is 11.2. The van der Waals surface area contributed by atoms with Crippen molar-refractivity contribution >= 4 is 5.97 Å². The first-order valence-electron chi connectivity index (χ1n) is 4.06. The predicted molar refractivity (Wildman–Crippen MR) is 50.7 cm³/mol. The van der Waals surface area contributed by atoms with Gasteiger partial charge in [-0.05, 0) is 19.1 Å². The number of carbonyl (C=O) groups is 1. The number of esters is 1. The monoisotopic (exact) mass is 196 g/mol. The van der Waals surface area contributed by atoms with Gasteiger partial charge in [-0.2, -0.15) is 0 Å². The van der Waals surface area contributed by atoms with Gasteiger partial charge in [-0.1, -0.05) is 0 Å². The number of methoxy groups -OCH3 is 2. The molecule has 4 nitrogen and oxygen atoms in total. The fourth-order valence-electron chi connectivity index (χ4n) is 1.12. The average Bonchev–Trinajstić information content (AvgIpc) is 2.20. The van der Waals surface area contributed by atoms with Gasteiger partial charge in [0, 0.05) is 5.56 Å². The highest BCUT2D eigenvalue weighted by molar-refractivity contribution is 5.90. The van der Waals surface area contributed by atoms with Crippen molar-refractivity contribution in [2.45, 2.75) is 6.92 Å². The van der Waals surface area contributed by atoms with Gasteiger partial charge in [0.15, 0.2) is 0 Å². The van der Waals surface area contributed by atoms with E-state index in [0.29, 0.717) is 11.3 Å². The van der Waals surface area contributed by atoms with E-state index in [0.717, 1.165) is 0 Å². The molecule has 0 atom stereocenters. The lowest BCUT2D eigenvalue weighted by Gasteiger charge is -2.08. The topological polar surface area (TPSA) is 55.8 Å². The van der Waals surface area contributed by atoms with Crippen LogP contribution in [0.15, 0.2) is 12.1 Å². The molecule has 0 bridgehead atoms. The summed E-state index contributed by atoms with van der Waals surface area (Å²) in [5, 5.41) is 9.47. The van der Waals surface area contributed by atoms with Gasteiger partial charge >= 0.3 is 5.97 Å². The summed E-state index contributed by atoms with van der Waals surface area (Å²) < 4.78 is 9.52. The number of carbonyl (C=O) groups excluding carboxylic acids is 1. The molecule has 0 fully saturated rings. The van der Waals surface area contributed by atoms with E-state index in [4.69, 9.17) is 4.74 Å². The van der Waals surface area contributed by atoms with Crippen LogP contribution in [0.3, 0.4) is 0 Å². The molecule has 1 aromatic carbocycles. The standard InChI is InChI=1S/C10H12O4/c1-6-8(11)4-7(10(12)14-3)5-9(6)13-2/h4-5,11H,1-3H3. The van der Waals surface area contributed by atoms with Crippen LogP contribution in [-0.2, 0) is 4.74 Å². The Bertz CT molecular complexity index is 357. The highest BCUT2D eigenvalue weighted by Gasteiger charge is 2.12. The van der Waals surface area contributed by atoms with Crippen LogP contribution >= 0.6 is 0 Å². The lowest BCUT2D eigenvalue weighted by atomic mass is 10.1. The molecule has 14 heavy (non-hydrogen) atoms. The van der Waals surface area contributed by atoms with E-state index in [2.05, 4.69) is 4.74 Å². The van der Waals surface area contributed by atoms with E-state index in [1.54, 1.807) is 6.92 Å². The Morgan fingerprint density at radius 2 is 2.00 bits per heavy atom. The summed E-state index contributed by atoms with van der Waals surface area (Å²) >= 11 is 0. The van der Waals surface area contributed by atoms with Crippen LogP contribution in [0.2, 0.25) is 0 Å². The number of phenolic OH excluding ortho intramolecular Hbond substituents is 1. The van der Waals surface area contributed by atoms with E-state index < -0.39 is 5.97 Å². The summed E-state index contributed by atoms with van der Waals surface area (Å²) in [7, 11) is 2.76. The van der Waals surface area contributed by atoms with Gasteiger partial charge in [-0.15, -0.1) is 0 Å². The molecular formula is C10H12O4. The quantitative estimate of drug-likeness (QED) is 0.728. The summed E-state index contributed by atoms with van der Waals surface area (Å²) in [6.45, 7) is 1.70. The Balaban J connectivity index is 3.22. The van der Waals surface area contributed by atoms with Crippen molar-refractivity contribution in [1.82, 2.24) is 0 Å². The normalized spacial score (nSPS) is 9.64. The van der Waals surface area contributed by atoms with E-state index >= 15 is 0 Å². The van der Waals surface area contributed by atoms with Crippen LogP contribution < -0.4 is 4.74 Å². The molecule has 0 aliphatic rings. The number of benzene rings is 1. The minimum atomic E-state index is -0.501. The third kappa shape index (κ3) is 1.79. The third-order valence-electron chi connectivity index (χ3n) is 1.97. The van der Waals surface area contributed by atoms with Crippen molar-refractivity contribution in [1.29, 1.82) is 0 Å². The number of ether oxygens (including phenoxy) is 2. The first kappa shape index (κ1) is 10.4. The van der Waals surface area contributed by atoms with E-state index in [1.165, 1.54) is 26.4 Å². The summed E-state index contributed by atoms with van der Waals surface area (Å²) in [6, 6.07) is 2.88. The van der Waals surface area contributed by atoms with Gasteiger partial charge in [0.25, 0.3) is 0 Å². The molecule has 1 rings (SSSR count). The molecule has 0 saturated heterocycles. The second-order valence-electron chi connectivity index (χ2n) is 2.81. The molecular weight excluding hydrogens is 184 g/mol. The molecule has 4 heteroatoms. The maximum absolute atomic E-state index is 11.2. The minimum Gasteiger partial charge on any atom is -0.508 e. The molecule has 0 spiro atoms. The van der Waals surface area contributed by atoms with Gasteiger partial charge in [0.05, 0.1) is 19.8 Å². The van der Waals surface area contributed by atoms with Gasteiger partial charge in [0.1, 0.15) is 11.5 Å². The molecule has 0 aliphatic carbocycles. The molecule has 0 heterocycles. The summed E-state index contributed by atoms with van der Waals surface area (Å²) in [5.74, 6) is -0.0197.